The van der Waals surface area contributed by atoms with Crippen molar-refractivity contribution in [3.63, 3.8) is 0 Å². The molecule has 1 aromatic heterocycles. The zero-order valence-electron chi connectivity index (χ0n) is 16.7. The van der Waals surface area contributed by atoms with Gasteiger partial charge in [-0.05, 0) is 49.6 Å². The summed E-state index contributed by atoms with van der Waals surface area (Å²) in [6.45, 7) is 2.98. The van der Waals surface area contributed by atoms with Crippen LogP contribution in [0.5, 0.6) is 0 Å². The van der Waals surface area contributed by atoms with Crippen LogP contribution in [0.3, 0.4) is 0 Å². The van der Waals surface area contributed by atoms with Gasteiger partial charge in [-0.2, -0.15) is 0 Å². The number of primary amides is 1. The van der Waals surface area contributed by atoms with Crippen LogP contribution in [-0.2, 0) is 5.54 Å². The monoisotopic (exact) mass is 455 g/mol. The summed E-state index contributed by atoms with van der Waals surface area (Å²) in [4.78, 5) is 28.2. The van der Waals surface area contributed by atoms with Gasteiger partial charge in [0.15, 0.2) is 0 Å². The highest BCUT2D eigenvalue weighted by molar-refractivity contribution is 6.30. The van der Waals surface area contributed by atoms with Crippen LogP contribution >= 0.6 is 11.6 Å². The Bertz CT molecular complexity index is 1050. The fraction of sp³-hybridized carbons (Fsp3) is 0.350. The molecule has 1 fully saturated rings. The van der Waals surface area contributed by atoms with Crippen molar-refractivity contribution in [3.05, 3.63) is 57.6 Å². The van der Waals surface area contributed by atoms with E-state index < -0.39 is 47.2 Å². The maximum absolute atomic E-state index is 15.1. The summed E-state index contributed by atoms with van der Waals surface area (Å²) in [7, 11) is 0. The number of amides is 3. The lowest BCUT2D eigenvalue weighted by Gasteiger charge is -2.35. The Balaban J connectivity index is 2.07. The van der Waals surface area contributed by atoms with Crippen LogP contribution in [0.2, 0.25) is 5.02 Å². The molecule has 166 valence electrons. The number of nitrogens with two attached hydrogens (primary N) is 2. The lowest BCUT2D eigenvalue weighted by molar-refractivity contribution is 0.0170. The number of pyridine rings is 1. The molecule has 1 aliphatic rings. The number of hydrogen-bond acceptors (Lipinski definition) is 4. The summed E-state index contributed by atoms with van der Waals surface area (Å²) in [5.41, 5.74) is 8.56. The van der Waals surface area contributed by atoms with Crippen LogP contribution in [0, 0.1) is 25.6 Å². The van der Waals surface area contributed by atoms with Gasteiger partial charge in [0.05, 0.1) is 5.02 Å². The quantitative estimate of drug-likeness (QED) is 0.534. The standard InChI is InChI=1S/C20H21ClF3N5O2/c1-8-4-11(28-17(30)16-9(2)3-10(21)7-27-16)5-13(15(8)22)20(18(23)24,29-19(26)31)12-6-14(12)25/h3-5,7,12,14,18H,6,25H2,1-2H3,(H,28,30)(H3,26,29,31)/t12-,14+,20-/m0/s1. The number of urea groups is 1. The molecule has 0 bridgehead atoms. The van der Waals surface area contributed by atoms with E-state index in [1.54, 1.807) is 6.92 Å². The van der Waals surface area contributed by atoms with E-state index in [9.17, 15) is 18.4 Å². The van der Waals surface area contributed by atoms with Crippen molar-refractivity contribution < 1.29 is 22.8 Å². The third kappa shape index (κ3) is 4.31. The van der Waals surface area contributed by atoms with Crippen molar-refractivity contribution in [3.8, 4) is 0 Å². The number of carbonyl (C=O) groups is 2. The fourth-order valence-electron chi connectivity index (χ4n) is 3.75. The lowest BCUT2D eigenvalue weighted by Crippen LogP contribution is -2.56. The van der Waals surface area contributed by atoms with Crippen LogP contribution in [0.25, 0.3) is 0 Å². The summed E-state index contributed by atoms with van der Waals surface area (Å²) in [6, 6.07) is 1.97. The van der Waals surface area contributed by atoms with Gasteiger partial charge in [-0.15, -0.1) is 0 Å². The topological polar surface area (TPSA) is 123 Å². The summed E-state index contributed by atoms with van der Waals surface area (Å²) < 4.78 is 43.7. The molecule has 1 aromatic carbocycles. The first-order valence-electron chi connectivity index (χ1n) is 9.32. The molecule has 1 saturated carbocycles. The number of rotatable bonds is 6. The molecule has 1 heterocycles. The van der Waals surface area contributed by atoms with E-state index in [0.717, 1.165) is 6.07 Å². The molecule has 1 aliphatic carbocycles. The van der Waals surface area contributed by atoms with Crippen LogP contribution in [0.15, 0.2) is 24.4 Å². The molecule has 0 saturated heterocycles. The molecular weight excluding hydrogens is 435 g/mol. The molecule has 3 rings (SSSR count). The number of aryl methyl sites for hydroxylation is 2. The molecule has 2 aromatic rings. The Morgan fingerprint density at radius 2 is 1.90 bits per heavy atom. The number of nitrogens with zero attached hydrogens (tertiary/aromatic N) is 1. The number of halogens is 4. The highest BCUT2D eigenvalue weighted by Crippen LogP contribution is 2.49. The minimum Gasteiger partial charge on any atom is -0.352 e. The molecule has 11 heteroatoms. The number of anilines is 1. The van der Waals surface area contributed by atoms with E-state index in [1.165, 1.54) is 25.3 Å². The minimum atomic E-state index is -3.21. The second-order valence-corrected chi connectivity index (χ2v) is 8.03. The average molecular weight is 456 g/mol. The Morgan fingerprint density at radius 1 is 1.26 bits per heavy atom. The lowest BCUT2D eigenvalue weighted by atomic mass is 9.83. The summed E-state index contributed by atoms with van der Waals surface area (Å²) in [5.74, 6) is -2.52. The van der Waals surface area contributed by atoms with Crippen molar-refractivity contribution in [2.45, 2.75) is 38.3 Å². The molecule has 6 N–H and O–H groups in total. The number of alkyl halides is 2. The van der Waals surface area contributed by atoms with Crippen LogP contribution < -0.4 is 22.1 Å². The van der Waals surface area contributed by atoms with E-state index in [0.29, 0.717) is 10.6 Å². The summed E-state index contributed by atoms with van der Waals surface area (Å²) in [5, 5.41) is 4.90. The van der Waals surface area contributed by atoms with Gasteiger partial charge in [0.1, 0.15) is 17.1 Å². The van der Waals surface area contributed by atoms with Crippen LogP contribution in [0.4, 0.5) is 23.7 Å². The van der Waals surface area contributed by atoms with Gasteiger partial charge in [-0.25, -0.2) is 22.9 Å². The molecule has 7 nitrogen and oxygen atoms in total. The smallest absolute Gasteiger partial charge is 0.313 e. The first-order valence-corrected chi connectivity index (χ1v) is 9.70. The largest absolute Gasteiger partial charge is 0.352 e. The highest BCUT2D eigenvalue weighted by atomic mass is 35.5. The number of nitrogens with one attached hydrogen (secondary N) is 2. The number of benzene rings is 1. The number of carbonyl (C=O) groups excluding carboxylic acids is 2. The van der Waals surface area contributed by atoms with Crippen molar-refractivity contribution >= 4 is 29.2 Å². The Labute approximate surface area is 181 Å². The second kappa shape index (κ2) is 8.35. The molecule has 0 aliphatic heterocycles. The maximum atomic E-state index is 15.1. The maximum Gasteiger partial charge on any atom is 0.313 e. The van der Waals surface area contributed by atoms with Crippen molar-refractivity contribution in [2.24, 2.45) is 17.4 Å². The Kier molecular flexibility index (Phi) is 6.15. The van der Waals surface area contributed by atoms with Gasteiger partial charge in [0, 0.05) is 29.4 Å². The highest BCUT2D eigenvalue weighted by Gasteiger charge is 2.59. The second-order valence-electron chi connectivity index (χ2n) is 7.59. The zero-order chi connectivity index (χ0) is 23.1. The zero-order valence-corrected chi connectivity index (χ0v) is 17.4. The van der Waals surface area contributed by atoms with Gasteiger partial charge in [-0.3, -0.25) is 4.79 Å². The molecule has 3 atom stereocenters. The molecule has 0 radical (unpaired) electrons. The van der Waals surface area contributed by atoms with Gasteiger partial charge >= 0.3 is 6.03 Å². The molecular formula is C20H21ClF3N5O2. The van der Waals surface area contributed by atoms with Crippen LogP contribution in [-0.4, -0.2) is 29.4 Å². The normalized spacial score (nSPS) is 19.6. The first-order chi connectivity index (χ1) is 14.5. The first kappa shape index (κ1) is 22.8. The van der Waals surface area contributed by atoms with E-state index in [4.69, 9.17) is 23.1 Å². The Hall–Kier alpha value is -2.85. The van der Waals surface area contributed by atoms with E-state index in [-0.39, 0.29) is 23.4 Å². The average Bonchev–Trinajstić information content (AvgIpc) is 3.39. The number of hydrogen-bond donors (Lipinski definition) is 4. The van der Waals surface area contributed by atoms with Crippen molar-refractivity contribution in [1.29, 1.82) is 0 Å². The van der Waals surface area contributed by atoms with E-state index >= 15 is 4.39 Å². The van der Waals surface area contributed by atoms with E-state index in [2.05, 4.69) is 10.3 Å². The van der Waals surface area contributed by atoms with Gasteiger partial charge < -0.3 is 22.1 Å². The summed E-state index contributed by atoms with van der Waals surface area (Å²) in [6.07, 6.45) is -1.77. The van der Waals surface area contributed by atoms with Crippen molar-refractivity contribution in [2.75, 3.05) is 5.32 Å². The predicted octanol–water partition coefficient (Wildman–Crippen LogP) is 3.22. The number of aromatic nitrogens is 1. The minimum absolute atomic E-state index is 0.0147. The van der Waals surface area contributed by atoms with E-state index in [1.807, 2.05) is 5.32 Å². The van der Waals surface area contributed by atoms with Gasteiger partial charge in [0.2, 0.25) is 0 Å². The SMILES string of the molecule is Cc1cc(Cl)cnc1C(=O)Nc1cc(C)c(F)c([C@](NC(N)=O)(C(F)F)[C@H]2C[C@H]2N)c1. The molecule has 0 unspecified atom stereocenters. The third-order valence-corrected chi connectivity index (χ3v) is 5.52. The van der Waals surface area contributed by atoms with Gasteiger partial charge in [-0.1, -0.05) is 11.6 Å². The Morgan fingerprint density at radius 3 is 2.42 bits per heavy atom. The predicted molar refractivity (Wildman–Crippen MR) is 110 cm³/mol. The molecule has 31 heavy (non-hydrogen) atoms. The van der Waals surface area contributed by atoms with Crippen LogP contribution in [0.1, 0.15) is 33.6 Å². The summed E-state index contributed by atoms with van der Waals surface area (Å²) >= 11 is 5.85. The molecule has 3 amide bonds. The molecule has 0 spiro atoms. The third-order valence-electron chi connectivity index (χ3n) is 5.32. The fourth-order valence-corrected chi connectivity index (χ4v) is 3.96. The van der Waals surface area contributed by atoms with Gasteiger partial charge in [0.25, 0.3) is 12.3 Å². The van der Waals surface area contributed by atoms with Crippen molar-refractivity contribution in [1.82, 2.24) is 10.3 Å².